The summed E-state index contributed by atoms with van der Waals surface area (Å²) < 4.78 is 5.67. The van der Waals surface area contributed by atoms with Gasteiger partial charge in [0.25, 0.3) is 0 Å². The Morgan fingerprint density at radius 3 is 2.94 bits per heavy atom. The number of rotatable bonds is 4. The van der Waals surface area contributed by atoms with Crippen LogP contribution in [0.3, 0.4) is 0 Å². The second kappa shape index (κ2) is 5.29. The molecule has 0 radical (unpaired) electrons. The van der Waals surface area contributed by atoms with Gasteiger partial charge >= 0.3 is 0 Å². The third kappa shape index (κ3) is 2.52. The van der Waals surface area contributed by atoms with Gasteiger partial charge in [0.15, 0.2) is 0 Å². The molecule has 3 rings (SSSR count). The Morgan fingerprint density at radius 1 is 1.22 bits per heavy atom. The second-order valence-electron chi connectivity index (χ2n) is 5.54. The topological polar surface area (TPSA) is 41.5 Å². The molecule has 0 amide bonds. The largest absolute Gasteiger partial charge is 0.493 e. The molecule has 3 atom stereocenters. The van der Waals surface area contributed by atoms with Gasteiger partial charge in [0.2, 0.25) is 0 Å². The van der Waals surface area contributed by atoms with Crippen LogP contribution in [0.1, 0.15) is 30.7 Å². The van der Waals surface area contributed by atoms with Crippen molar-refractivity contribution in [2.45, 2.75) is 31.3 Å². The van der Waals surface area contributed by atoms with Crippen LogP contribution in [0.5, 0.6) is 5.75 Å². The van der Waals surface area contributed by atoms with Gasteiger partial charge in [-0.2, -0.15) is 0 Å². The SMILES string of the molecule is OC1CCC(CNCC2COc3ccccc32)C1. The molecule has 1 aliphatic carbocycles. The van der Waals surface area contributed by atoms with Gasteiger partial charge in [-0.15, -0.1) is 0 Å². The Kier molecular flexibility index (Phi) is 3.52. The van der Waals surface area contributed by atoms with Crippen LogP contribution < -0.4 is 10.1 Å². The molecule has 0 bridgehead atoms. The fourth-order valence-corrected chi connectivity index (χ4v) is 3.09. The highest BCUT2D eigenvalue weighted by atomic mass is 16.5. The third-order valence-electron chi connectivity index (χ3n) is 4.14. The van der Waals surface area contributed by atoms with E-state index in [-0.39, 0.29) is 6.10 Å². The molecule has 3 nitrogen and oxygen atoms in total. The van der Waals surface area contributed by atoms with E-state index in [1.807, 2.05) is 12.1 Å². The number of nitrogens with one attached hydrogen (secondary N) is 1. The van der Waals surface area contributed by atoms with Crippen LogP contribution in [0.25, 0.3) is 0 Å². The molecule has 0 saturated heterocycles. The maximum atomic E-state index is 9.49. The maximum Gasteiger partial charge on any atom is 0.122 e. The predicted octanol–water partition coefficient (Wildman–Crippen LogP) is 1.91. The first kappa shape index (κ1) is 12.0. The summed E-state index contributed by atoms with van der Waals surface area (Å²) in [4.78, 5) is 0. The van der Waals surface area contributed by atoms with Crippen molar-refractivity contribution < 1.29 is 9.84 Å². The lowest BCUT2D eigenvalue weighted by molar-refractivity contribution is 0.177. The minimum absolute atomic E-state index is 0.0626. The Balaban J connectivity index is 1.47. The van der Waals surface area contributed by atoms with E-state index in [0.717, 1.165) is 44.7 Å². The van der Waals surface area contributed by atoms with E-state index in [9.17, 15) is 5.11 Å². The van der Waals surface area contributed by atoms with Crippen LogP contribution in [0, 0.1) is 5.92 Å². The minimum atomic E-state index is -0.0626. The molecule has 1 aromatic carbocycles. The summed E-state index contributed by atoms with van der Waals surface area (Å²) in [6.45, 7) is 2.79. The van der Waals surface area contributed by atoms with E-state index < -0.39 is 0 Å². The molecule has 3 heteroatoms. The summed E-state index contributed by atoms with van der Waals surface area (Å²) in [5.41, 5.74) is 1.33. The van der Waals surface area contributed by atoms with Gasteiger partial charge < -0.3 is 15.2 Å². The van der Waals surface area contributed by atoms with E-state index in [1.54, 1.807) is 0 Å². The fraction of sp³-hybridized carbons (Fsp3) is 0.600. The first-order chi connectivity index (χ1) is 8.83. The van der Waals surface area contributed by atoms with Crippen molar-refractivity contribution in [3.8, 4) is 5.75 Å². The molecule has 1 fully saturated rings. The van der Waals surface area contributed by atoms with Crippen molar-refractivity contribution >= 4 is 0 Å². The van der Waals surface area contributed by atoms with Crippen LogP contribution in [0.15, 0.2) is 24.3 Å². The zero-order valence-corrected chi connectivity index (χ0v) is 10.6. The number of ether oxygens (including phenoxy) is 1. The Labute approximate surface area is 108 Å². The molecule has 1 aromatic rings. The highest BCUT2D eigenvalue weighted by molar-refractivity contribution is 5.39. The summed E-state index contributed by atoms with van der Waals surface area (Å²) in [7, 11) is 0. The van der Waals surface area contributed by atoms with Gasteiger partial charge in [0.1, 0.15) is 5.75 Å². The van der Waals surface area contributed by atoms with Crippen LogP contribution in [-0.4, -0.2) is 30.9 Å². The van der Waals surface area contributed by atoms with Gasteiger partial charge in [0, 0.05) is 18.0 Å². The minimum Gasteiger partial charge on any atom is -0.493 e. The monoisotopic (exact) mass is 247 g/mol. The van der Waals surface area contributed by atoms with Crippen LogP contribution in [0.2, 0.25) is 0 Å². The summed E-state index contributed by atoms with van der Waals surface area (Å²) in [5, 5.41) is 13.0. The molecule has 3 unspecified atom stereocenters. The Bertz CT molecular complexity index is 407. The number of hydrogen-bond donors (Lipinski definition) is 2. The van der Waals surface area contributed by atoms with E-state index in [2.05, 4.69) is 17.4 Å². The Hall–Kier alpha value is -1.06. The third-order valence-corrected chi connectivity index (χ3v) is 4.14. The van der Waals surface area contributed by atoms with Crippen molar-refractivity contribution in [2.75, 3.05) is 19.7 Å². The highest BCUT2D eigenvalue weighted by Gasteiger charge is 2.25. The van der Waals surface area contributed by atoms with Gasteiger partial charge in [-0.05, 0) is 37.8 Å². The molecular weight excluding hydrogens is 226 g/mol. The van der Waals surface area contributed by atoms with E-state index >= 15 is 0 Å². The molecule has 18 heavy (non-hydrogen) atoms. The number of para-hydroxylation sites is 1. The predicted molar refractivity (Wildman–Crippen MR) is 70.9 cm³/mol. The standard InChI is InChI=1S/C15H21NO2/c17-13-6-5-11(7-13)8-16-9-12-10-18-15-4-2-1-3-14(12)15/h1-4,11-13,16-17H,5-10H2. The van der Waals surface area contributed by atoms with Gasteiger partial charge in [-0.25, -0.2) is 0 Å². The number of hydrogen-bond acceptors (Lipinski definition) is 3. The molecule has 1 saturated carbocycles. The first-order valence-electron chi connectivity index (χ1n) is 6.93. The first-order valence-corrected chi connectivity index (χ1v) is 6.93. The lowest BCUT2D eigenvalue weighted by Gasteiger charge is -2.14. The molecule has 2 aliphatic rings. The van der Waals surface area contributed by atoms with Crippen LogP contribution >= 0.6 is 0 Å². The van der Waals surface area contributed by atoms with Crippen molar-refractivity contribution in [2.24, 2.45) is 5.92 Å². The quantitative estimate of drug-likeness (QED) is 0.854. The highest BCUT2D eigenvalue weighted by Crippen LogP contribution is 2.33. The number of aliphatic hydroxyl groups is 1. The van der Waals surface area contributed by atoms with E-state index in [1.165, 1.54) is 5.56 Å². The molecular formula is C15H21NO2. The zero-order chi connectivity index (χ0) is 12.4. The summed E-state index contributed by atoms with van der Waals surface area (Å²) in [6.07, 6.45) is 3.03. The van der Waals surface area contributed by atoms with Crippen LogP contribution in [0.4, 0.5) is 0 Å². The zero-order valence-electron chi connectivity index (χ0n) is 10.6. The lowest BCUT2D eigenvalue weighted by Crippen LogP contribution is -2.27. The fourth-order valence-electron chi connectivity index (χ4n) is 3.09. The molecule has 1 aliphatic heterocycles. The second-order valence-corrected chi connectivity index (χ2v) is 5.54. The smallest absolute Gasteiger partial charge is 0.122 e. The summed E-state index contributed by atoms with van der Waals surface area (Å²) in [6, 6.07) is 8.30. The molecule has 0 aromatic heterocycles. The normalized spacial score (nSPS) is 30.2. The van der Waals surface area contributed by atoms with Gasteiger partial charge in [-0.1, -0.05) is 18.2 Å². The van der Waals surface area contributed by atoms with E-state index in [4.69, 9.17) is 4.74 Å². The van der Waals surface area contributed by atoms with Crippen molar-refractivity contribution in [3.05, 3.63) is 29.8 Å². The van der Waals surface area contributed by atoms with Gasteiger partial charge in [-0.3, -0.25) is 0 Å². The van der Waals surface area contributed by atoms with Gasteiger partial charge in [0.05, 0.1) is 12.7 Å². The average molecular weight is 247 g/mol. The number of fused-ring (bicyclic) bond motifs is 1. The molecule has 0 spiro atoms. The Morgan fingerprint density at radius 2 is 2.11 bits per heavy atom. The van der Waals surface area contributed by atoms with Crippen LogP contribution in [-0.2, 0) is 0 Å². The van der Waals surface area contributed by atoms with Crippen molar-refractivity contribution in [1.29, 1.82) is 0 Å². The average Bonchev–Trinajstić information content (AvgIpc) is 2.97. The van der Waals surface area contributed by atoms with Crippen molar-refractivity contribution in [3.63, 3.8) is 0 Å². The summed E-state index contributed by atoms with van der Waals surface area (Å²) in [5.74, 6) is 2.17. The summed E-state index contributed by atoms with van der Waals surface area (Å²) >= 11 is 0. The number of benzene rings is 1. The molecule has 2 N–H and O–H groups in total. The van der Waals surface area contributed by atoms with E-state index in [0.29, 0.717) is 11.8 Å². The molecule has 1 heterocycles. The lowest BCUT2D eigenvalue weighted by atomic mass is 10.0. The van der Waals surface area contributed by atoms with Crippen molar-refractivity contribution in [1.82, 2.24) is 5.32 Å². The number of aliphatic hydroxyl groups excluding tert-OH is 1. The maximum absolute atomic E-state index is 9.49. The molecule has 98 valence electrons.